The van der Waals surface area contributed by atoms with E-state index in [0.29, 0.717) is 6.42 Å². The lowest BCUT2D eigenvalue weighted by Gasteiger charge is -2.42. The van der Waals surface area contributed by atoms with Gasteiger partial charge in [-0.1, -0.05) is 6.92 Å². The van der Waals surface area contributed by atoms with Gasteiger partial charge in [-0.25, -0.2) is 0 Å². The number of aliphatic hydroxyl groups excluding tert-OH is 4. The molecule has 2 aliphatic heterocycles. The fraction of sp³-hybridized carbons (Fsp3) is 0.926. The second-order valence-electron chi connectivity index (χ2n) is 11.4. The lowest BCUT2D eigenvalue weighted by Crippen LogP contribution is -2.53. The minimum absolute atomic E-state index is 0.0727. The van der Waals surface area contributed by atoms with Gasteiger partial charge in [-0.2, -0.15) is 0 Å². The van der Waals surface area contributed by atoms with Crippen molar-refractivity contribution in [1.29, 1.82) is 0 Å². The first-order valence-corrected chi connectivity index (χ1v) is 13.3. The van der Waals surface area contributed by atoms with Gasteiger partial charge < -0.3 is 39.7 Å². The van der Waals surface area contributed by atoms with Crippen molar-refractivity contribution >= 4 is 11.6 Å². The van der Waals surface area contributed by atoms with Crippen LogP contribution in [-0.2, 0) is 23.8 Å². The van der Waals surface area contributed by atoms with Gasteiger partial charge in [0.1, 0.15) is 23.8 Å². The smallest absolute Gasteiger partial charge is 0.136 e. The van der Waals surface area contributed by atoms with Crippen molar-refractivity contribution in [3.05, 3.63) is 0 Å². The van der Waals surface area contributed by atoms with Gasteiger partial charge in [-0.3, -0.25) is 9.59 Å². The molecule has 0 spiro atoms. The monoisotopic (exact) mass is 534 g/mol. The highest BCUT2D eigenvalue weighted by molar-refractivity contribution is 5.80. The predicted octanol–water partition coefficient (Wildman–Crippen LogP) is 1.16. The summed E-state index contributed by atoms with van der Waals surface area (Å²) >= 11 is 0. The first-order valence-electron chi connectivity index (χ1n) is 13.3. The molecule has 10 nitrogen and oxygen atoms in total. The van der Waals surface area contributed by atoms with Crippen LogP contribution in [0.1, 0.15) is 80.6 Å². The molecule has 218 valence electrons. The van der Waals surface area contributed by atoms with Gasteiger partial charge in [-0.15, -0.1) is 0 Å². The van der Waals surface area contributed by atoms with Crippen LogP contribution in [0.2, 0.25) is 0 Å². The van der Waals surface area contributed by atoms with Gasteiger partial charge in [0.25, 0.3) is 0 Å². The van der Waals surface area contributed by atoms with Crippen LogP contribution in [0.15, 0.2) is 0 Å². The molecule has 10 heteroatoms. The van der Waals surface area contributed by atoms with Crippen LogP contribution in [0, 0.1) is 11.8 Å². The summed E-state index contributed by atoms with van der Waals surface area (Å²) in [5.74, 6) is -0.895. The fourth-order valence-corrected chi connectivity index (χ4v) is 5.26. The molecular formula is C27H50O10. The summed E-state index contributed by atoms with van der Waals surface area (Å²) in [6.07, 6.45) is -3.68. The topological polar surface area (TPSA) is 163 Å². The van der Waals surface area contributed by atoms with Crippen LogP contribution in [0.4, 0.5) is 0 Å². The van der Waals surface area contributed by atoms with Crippen LogP contribution >= 0.6 is 0 Å². The Morgan fingerprint density at radius 1 is 0.892 bits per heavy atom. The molecule has 5 N–H and O–H groups in total. The average molecular weight is 535 g/mol. The van der Waals surface area contributed by atoms with E-state index >= 15 is 0 Å². The minimum atomic E-state index is -1.02. The molecule has 11 atom stereocenters. The summed E-state index contributed by atoms with van der Waals surface area (Å²) in [4.78, 5) is 23.6. The van der Waals surface area contributed by atoms with Crippen LogP contribution in [0.5, 0.6) is 0 Å². The van der Waals surface area contributed by atoms with Crippen molar-refractivity contribution in [1.82, 2.24) is 0 Å². The summed E-state index contributed by atoms with van der Waals surface area (Å²) in [5.41, 5.74) is -1.02. The third kappa shape index (κ3) is 10.6. The van der Waals surface area contributed by atoms with E-state index in [2.05, 4.69) is 0 Å². The number of rotatable bonds is 10. The second-order valence-corrected chi connectivity index (χ2v) is 11.4. The summed E-state index contributed by atoms with van der Waals surface area (Å²) in [7, 11) is 1.53. The van der Waals surface area contributed by atoms with E-state index in [1.54, 1.807) is 27.7 Å². The fourth-order valence-electron chi connectivity index (χ4n) is 5.26. The van der Waals surface area contributed by atoms with Gasteiger partial charge in [-0.05, 0) is 48.0 Å². The second kappa shape index (κ2) is 15.0. The van der Waals surface area contributed by atoms with Crippen LogP contribution in [-0.4, -0.2) is 105 Å². The number of carbonyl (C=O) groups excluding carboxylic acids is 2. The van der Waals surface area contributed by atoms with Crippen LogP contribution < -0.4 is 0 Å². The van der Waals surface area contributed by atoms with Gasteiger partial charge in [0.05, 0.1) is 48.3 Å². The van der Waals surface area contributed by atoms with Crippen molar-refractivity contribution in [2.24, 2.45) is 11.8 Å². The summed E-state index contributed by atoms with van der Waals surface area (Å²) in [6.45, 7) is 12.1. The molecule has 0 aromatic rings. The molecule has 2 aliphatic rings. The Labute approximate surface area is 221 Å². The van der Waals surface area contributed by atoms with Gasteiger partial charge in [0.2, 0.25) is 0 Å². The minimum Gasteiger partial charge on any atom is -0.393 e. The van der Waals surface area contributed by atoms with Gasteiger partial charge in [0.15, 0.2) is 0 Å². The van der Waals surface area contributed by atoms with E-state index in [1.165, 1.54) is 7.11 Å². The molecule has 10 unspecified atom stereocenters. The quantitative estimate of drug-likeness (QED) is 0.275. The van der Waals surface area contributed by atoms with E-state index in [9.17, 15) is 30.0 Å². The Balaban J connectivity index is 0.000000371. The number of Topliss-reactive ketones (excluding diaryl/α,β-unsaturated/α-hetero) is 2. The number of ether oxygens (including phenoxy) is 3. The molecule has 0 aliphatic carbocycles. The SMILES string of the molecule is CCC1OC(C)C(CC(=O)C[C@@H](C)O)C(O)C1O.COC1C(C)OC(C)C(CC(=O)CC(C)(C)O)C1O. The van der Waals surface area contributed by atoms with E-state index < -0.39 is 42.0 Å². The Morgan fingerprint density at radius 3 is 1.89 bits per heavy atom. The molecule has 2 saturated heterocycles. The molecule has 0 radical (unpaired) electrons. The van der Waals surface area contributed by atoms with Crippen LogP contribution in [0.3, 0.4) is 0 Å². The first-order chi connectivity index (χ1) is 17.0. The maximum Gasteiger partial charge on any atom is 0.136 e. The molecule has 2 fully saturated rings. The highest BCUT2D eigenvalue weighted by atomic mass is 16.6. The van der Waals surface area contributed by atoms with E-state index in [-0.39, 0.29) is 67.6 Å². The molecule has 2 rings (SSSR count). The zero-order chi connectivity index (χ0) is 28.7. The van der Waals surface area contributed by atoms with Gasteiger partial charge in [0, 0.05) is 44.6 Å². The van der Waals surface area contributed by atoms with Crippen molar-refractivity contribution in [2.45, 2.75) is 141 Å². The Hall–Kier alpha value is -0.980. The molecule has 0 aromatic heterocycles. The zero-order valence-electron chi connectivity index (χ0n) is 23.7. The molecule has 0 bridgehead atoms. The average Bonchev–Trinajstić information content (AvgIpc) is 2.75. The van der Waals surface area contributed by atoms with Crippen molar-refractivity contribution in [3.63, 3.8) is 0 Å². The maximum absolute atomic E-state index is 11.9. The third-order valence-corrected chi connectivity index (χ3v) is 7.19. The summed E-state index contributed by atoms with van der Waals surface area (Å²) in [6, 6.07) is 0. The van der Waals surface area contributed by atoms with Gasteiger partial charge >= 0.3 is 0 Å². The molecular weight excluding hydrogens is 484 g/mol. The third-order valence-electron chi connectivity index (χ3n) is 7.19. The zero-order valence-corrected chi connectivity index (χ0v) is 23.7. The molecule has 0 aromatic carbocycles. The highest BCUT2D eigenvalue weighted by Gasteiger charge is 2.43. The van der Waals surface area contributed by atoms with E-state index in [0.717, 1.165) is 0 Å². The van der Waals surface area contributed by atoms with Crippen LogP contribution in [0.25, 0.3) is 0 Å². The molecule has 0 amide bonds. The summed E-state index contributed by atoms with van der Waals surface area (Å²) in [5, 5.41) is 49.0. The molecule has 2 heterocycles. The number of methoxy groups -OCH3 is 1. The maximum atomic E-state index is 11.9. The molecule has 0 saturated carbocycles. The van der Waals surface area contributed by atoms with E-state index in [4.69, 9.17) is 19.3 Å². The largest absolute Gasteiger partial charge is 0.393 e. The van der Waals surface area contributed by atoms with Crippen molar-refractivity contribution < 1.29 is 49.3 Å². The Kier molecular flexibility index (Phi) is 13.8. The number of hydrogen-bond donors (Lipinski definition) is 5. The standard InChI is InChI=1S/C14H26O5.C13H24O5/c1-8-11(6-10(15)7-14(3,4)17)12(16)13(18-5)9(2)19-8;1-4-11-13(17)12(16)10(8(3)18-11)6-9(15)5-7(2)14/h8-9,11-13,16-17H,6-7H2,1-5H3;7-8,10-14,16-17H,4-6H2,1-3H3/t;7-,8?,10?,11?,12?,13?/m.1/s1. The number of aliphatic hydroxyl groups is 5. The Bertz CT molecular complexity index is 706. The lowest BCUT2D eigenvalue weighted by atomic mass is 9.82. The van der Waals surface area contributed by atoms with E-state index in [1.807, 2.05) is 20.8 Å². The van der Waals surface area contributed by atoms with Crippen molar-refractivity contribution in [2.75, 3.05) is 7.11 Å². The normalized spacial score (nSPS) is 37.3. The Morgan fingerprint density at radius 2 is 1.41 bits per heavy atom. The summed E-state index contributed by atoms with van der Waals surface area (Å²) < 4.78 is 16.6. The molecule has 37 heavy (non-hydrogen) atoms. The predicted molar refractivity (Wildman–Crippen MR) is 137 cm³/mol. The highest BCUT2D eigenvalue weighted by Crippen LogP contribution is 2.32. The lowest BCUT2D eigenvalue weighted by molar-refractivity contribution is -0.199. The van der Waals surface area contributed by atoms with Crippen molar-refractivity contribution in [3.8, 4) is 0 Å². The number of hydrogen-bond acceptors (Lipinski definition) is 10. The number of ketones is 2. The number of carbonyl (C=O) groups is 2. The first kappa shape index (κ1) is 34.0.